The Kier molecular flexibility index (Phi) is 6.87. The number of likely N-dealkylation sites (tertiary alicyclic amines) is 1. The van der Waals surface area contributed by atoms with E-state index in [0.717, 1.165) is 48.5 Å². The average molecular weight is 556 g/mol. The normalized spacial score (nSPS) is 17.5. The maximum Gasteiger partial charge on any atom is 0.248 e. The van der Waals surface area contributed by atoms with Crippen LogP contribution in [0.15, 0.2) is 48.5 Å². The predicted octanol–water partition coefficient (Wildman–Crippen LogP) is 4.44. The molecular formula is C30H34FN9O. The van der Waals surface area contributed by atoms with Gasteiger partial charge in [-0.1, -0.05) is 12.1 Å². The number of hydrogen-bond donors (Lipinski definition) is 2. The fourth-order valence-electron chi connectivity index (χ4n) is 6.20. The molecule has 2 fully saturated rings. The van der Waals surface area contributed by atoms with Crippen LogP contribution in [0.4, 0.5) is 27.7 Å². The van der Waals surface area contributed by atoms with Gasteiger partial charge in [0.2, 0.25) is 11.9 Å². The molecule has 0 radical (unpaired) electrons. The van der Waals surface area contributed by atoms with Gasteiger partial charge in [-0.2, -0.15) is 9.67 Å². The second kappa shape index (κ2) is 11.0. The topological polar surface area (TPSA) is 110 Å². The van der Waals surface area contributed by atoms with E-state index in [9.17, 15) is 0 Å². The van der Waals surface area contributed by atoms with Crippen LogP contribution in [0.3, 0.4) is 0 Å². The van der Waals surface area contributed by atoms with Gasteiger partial charge in [0, 0.05) is 37.3 Å². The summed E-state index contributed by atoms with van der Waals surface area (Å²) in [5, 5.41) is 16.4. The SMILES string of the molecule is Nc1nc(Nc2ccc(N3CCC(CN4CCCC4)CC3)c(F)c2)nn1-c1cc2c(nn1)-c1ccccc1OCC2. The highest BCUT2D eigenvalue weighted by molar-refractivity contribution is 5.71. The molecule has 2 aromatic heterocycles. The molecule has 11 heteroatoms. The maximum atomic E-state index is 15.2. The number of rotatable bonds is 6. The van der Waals surface area contributed by atoms with Crippen molar-refractivity contribution in [1.29, 1.82) is 0 Å². The number of hydrogen-bond acceptors (Lipinski definition) is 9. The molecule has 3 N–H and O–H groups in total. The molecule has 212 valence electrons. The molecule has 0 amide bonds. The van der Waals surface area contributed by atoms with Crippen LogP contribution >= 0.6 is 0 Å². The summed E-state index contributed by atoms with van der Waals surface area (Å²) >= 11 is 0. The molecule has 0 aliphatic carbocycles. The third kappa shape index (κ3) is 5.29. The molecule has 0 saturated carbocycles. The first-order valence-corrected chi connectivity index (χ1v) is 14.5. The summed E-state index contributed by atoms with van der Waals surface area (Å²) in [7, 11) is 0. The van der Waals surface area contributed by atoms with E-state index in [1.54, 1.807) is 0 Å². The van der Waals surface area contributed by atoms with Crippen LogP contribution < -0.4 is 20.7 Å². The van der Waals surface area contributed by atoms with E-state index in [1.807, 2.05) is 42.5 Å². The van der Waals surface area contributed by atoms with Crippen molar-refractivity contribution in [3.63, 3.8) is 0 Å². The second-order valence-corrected chi connectivity index (χ2v) is 11.1. The summed E-state index contributed by atoms with van der Waals surface area (Å²) in [5.41, 5.74) is 10.1. The van der Waals surface area contributed by atoms with Crippen LogP contribution in [0, 0.1) is 11.7 Å². The summed E-state index contributed by atoms with van der Waals surface area (Å²) < 4.78 is 22.5. The summed E-state index contributed by atoms with van der Waals surface area (Å²) in [6.07, 6.45) is 5.51. The van der Waals surface area contributed by atoms with E-state index in [4.69, 9.17) is 10.5 Å². The number of anilines is 4. The second-order valence-electron chi connectivity index (χ2n) is 11.1. The highest BCUT2D eigenvalue weighted by Crippen LogP contribution is 2.34. The smallest absolute Gasteiger partial charge is 0.248 e. The molecule has 2 saturated heterocycles. The molecule has 10 nitrogen and oxygen atoms in total. The number of nitrogens with one attached hydrogen (secondary N) is 1. The number of fused-ring (bicyclic) bond motifs is 3. The Labute approximate surface area is 238 Å². The number of nitrogens with zero attached hydrogens (tertiary/aromatic N) is 7. The Bertz CT molecular complexity index is 1540. The van der Waals surface area contributed by atoms with Gasteiger partial charge in [-0.05, 0) is 86.7 Å². The molecule has 0 atom stereocenters. The van der Waals surface area contributed by atoms with E-state index < -0.39 is 0 Å². The number of halogens is 1. The number of aromatic nitrogens is 5. The van der Waals surface area contributed by atoms with Gasteiger partial charge in [-0.25, -0.2) is 4.39 Å². The first-order chi connectivity index (χ1) is 20.1. The van der Waals surface area contributed by atoms with Crippen LogP contribution in [-0.4, -0.2) is 69.2 Å². The van der Waals surface area contributed by atoms with Gasteiger partial charge in [0.25, 0.3) is 0 Å². The highest BCUT2D eigenvalue weighted by atomic mass is 19.1. The molecule has 5 heterocycles. The number of nitrogens with two attached hydrogens (primary N) is 1. The van der Waals surface area contributed by atoms with E-state index in [2.05, 4.69) is 35.4 Å². The summed E-state index contributed by atoms with van der Waals surface area (Å²) in [4.78, 5) is 9.07. The fraction of sp³-hybridized carbons (Fsp3) is 0.400. The van der Waals surface area contributed by atoms with Crippen LogP contribution in [0.25, 0.3) is 17.1 Å². The van der Waals surface area contributed by atoms with E-state index in [1.165, 1.54) is 43.2 Å². The van der Waals surface area contributed by atoms with Gasteiger partial charge < -0.3 is 25.6 Å². The molecule has 3 aliphatic rings. The molecule has 7 rings (SSSR count). The van der Waals surface area contributed by atoms with Gasteiger partial charge in [0.15, 0.2) is 5.82 Å². The zero-order chi connectivity index (χ0) is 27.8. The summed E-state index contributed by atoms with van der Waals surface area (Å²) in [6, 6.07) is 14.9. The van der Waals surface area contributed by atoms with Gasteiger partial charge in [-0.15, -0.1) is 15.3 Å². The van der Waals surface area contributed by atoms with Crippen molar-refractivity contribution in [2.75, 3.05) is 55.3 Å². The van der Waals surface area contributed by atoms with E-state index in [-0.39, 0.29) is 17.7 Å². The zero-order valence-electron chi connectivity index (χ0n) is 23.0. The molecular weight excluding hydrogens is 521 g/mol. The molecule has 0 unspecified atom stereocenters. The van der Waals surface area contributed by atoms with Crippen molar-refractivity contribution in [3.8, 4) is 22.8 Å². The van der Waals surface area contributed by atoms with Crippen LogP contribution in [0.5, 0.6) is 5.75 Å². The molecule has 2 aromatic carbocycles. The average Bonchev–Trinajstić information content (AvgIpc) is 3.58. The van der Waals surface area contributed by atoms with Crippen molar-refractivity contribution in [1.82, 2.24) is 29.9 Å². The van der Waals surface area contributed by atoms with Crippen molar-refractivity contribution in [3.05, 3.63) is 59.9 Å². The number of nitrogen functional groups attached to an aromatic ring is 1. The quantitative estimate of drug-likeness (QED) is 0.357. The number of ether oxygens (including phenoxy) is 1. The molecule has 0 bridgehead atoms. The lowest BCUT2D eigenvalue weighted by molar-refractivity contribution is 0.249. The number of benzene rings is 2. The monoisotopic (exact) mass is 555 g/mol. The molecule has 0 spiro atoms. The molecule has 4 aromatic rings. The first kappa shape index (κ1) is 25.7. The Morgan fingerprint density at radius 3 is 2.66 bits per heavy atom. The van der Waals surface area contributed by atoms with Crippen LogP contribution in [0.2, 0.25) is 0 Å². The number of piperidine rings is 1. The zero-order valence-corrected chi connectivity index (χ0v) is 23.0. The van der Waals surface area contributed by atoms with Crippen LogP contribution in [0.1, 0.15) is 31.2 Å². The summed E-state index contributed by atoms with van der Waals surface area (Å²) in [5.74, 6) is 2.09. The van der Waals surface area contributed by atoms with Gasteiger partial charge >= 0.3 is 0 Å². The minimum absolute atomic E-state index is 0.154. The van der Waals surface area contributed by atoms with E-state index in [0.29, 0.717) is 36.1 Å². The number of para-hydroxylation sites is 1. The van der Waals surface area contributed by atoms with Crippen molar-refractivity contribution in [2.24, 2.45) is 5.92 Å². The predicted molar refractivity (Wildman–Crippen MR) is 156 cm³/mol. The Hall–Kier alpha value is -4.25. The Balaban J connectivity index is 1.03. The standard InChI is InChI=1S/C30H34FN9O/c31-24-18-22(7-8-25(24)39-14-9-20(10-15-39)19-38-12-3-4-13-38)33-30-34-29(32)40(37-30)27-17-21-11-16-41-26-6-2-1-5-23(26)28(21)36-35-27/h1-2,5-8,17-18,20H,3-4,9-16,19H2,(H3,32,33,34,37). The fourth-order valence-corrected chi connectivity index (χ4v) is 6.20. The molecule has 3 aliphatic heterocycles. The molecule has 41 heavy (non-hydrogen) atoms. The third-order valence-electron chi connectivity index (χ3n) is 8.35. The maximum absolute atomic E-state index is 15.2. The van der Waals surface area contributed by atoms with Crippen molar-refractivity contribution in [2.45, 2.75) is 32.1 Å². The van der Waals surface area contributed by atoms with Gasteiger partial charge in [0.05, 0.1) is 12.3 Å². The van der Waals surface area contributed by atoms with Gasteiger partial charge in [0.1, 0.15) is 17.3 Å². The lowest BCUT2D eigenvalue weighted by atomic mass is 9.96. The van der Waals surface area contributed by atoms with E-state index >= 15 is 4.39 Å². The largest absolute Gasteiger partial charge is 0.493 e. The third-order valence-corrected chi connectivity index (χ3v) is 8.35. The minimum atomic E-state index is -0.264. The minimum Gasteiger partial charge on any atom is -0.493 e. The lowest BCUT2D eigenvalue weighted by Crippen LogP contribution is -2.38. The highest BCUT2D eigenvalue weighted by Gasteiger charge is 2.25. The lowest BCUT2D eigenvalue weighted by Gasteiger charge is -2.35. The summed E-state index contributed by atoms with van der Waals surface area (Å²) in [6.45, 7) is 5.93. The Morgan fingerprint density at radius 2 is 1.83 bits per heavy atom. The first-order valence-electron chi connectivity index (χ1n) is 14.5. The van der Waals surface area contributed by atoms with Crippen molar-refractivity contribution < 1.29 is 9.13 Å². The van der Waals surface area contributed by atoms with Crippen LogP contribution in [-0.2, 0) is 6.42 Å². The van der Waals surface area contributed by atoms with Gasteiger partial charge in [-0.3, -0.25) is 0 Å². The van der Waals surface area contributed by atoms with Crippen molar-refractivity contribution >= 4 is 23.3 Å². The Morgan fingerprint density at radius 1 is 1.00 bits per heavy atom.